The van der Waals surface area contributed by atoms with Crippen molar-refractivity contribution < 1.29 is 14.4 Å². The van der Waals surface area contributed by atoms with Crippen LogP contribution in [0.5, 0.6) is 0 Å². The minimum atomic E-state index is -0.702. The van der Waals surface area contributed by atoms with Gasteiger partial charge in [0.2, 0.25) is 5.91 Å². The standard InChI is InChI=1S/C19H26N4O3/c1-12-6-7-14(13-4-2-3-5-13)11-23(12)19(26)18(25)22-16-8-15(17(20)24)9-21-10-16/h8-10,12-14H,2-7,11H2,1H3,(H2,20,24)(H,22,25)/t12-,14-/m1/s1. The molecule has 7 heteroatoms. The van der Waals surface area contributed by atoms with Gasteiger partial charge in [0, 0.05) is 18.8 Å². The summed E-state index contributed by atoms with van der Waals surface area (Å²) >= 11 is 0. The number of carbonyl (C=O) groups excluding carboxylic acids is 3. The SMILES string of the molecule is C[C@@H]1CC[C@@H](C2CCCC2)CN1C(=O)C(=O)Nc1cncc(C(N)=O)c1. The van der Waals surface area contributed by atoms with Gasteiger partial charge < -0.3 is 16.0 Å². The molecule has 0 spiro atoms. The number of nitrogens with two attached hydrogens (primary N) is 1. The average molecular weight is 358 g/mol. The maximum Gasteiger partial charge on any atom is 0.313 e. The second kappa shape index (κ2) is 7.85. The number of carbonyl (C=O) groups is 3. The van der Waals surface area contributed by atoms with Gasteiger partial charge in [-0.1, -0.05) is 25.7 Å². The third kappa shape index (κ3) is 4.03. The zero-order valence-corrected chi connectivity index (χ0v) is 15.1. The highest BCUT2D eigenvalue weighted by Crippen LogP contribution is 2.37. The lowest BCUT2D eigenvalue weighted by atomic mass is 9.82. The number of anilines is 1. The molecule has 2 heterocycles. The number of hydrogen-bond acceptors (Lipinski definition) is 4. The Morgan fingerprint density at radius 3 is 2.54 bits per heavy atom. The largest absolute Gasteiger partial charge is 0.366 e. The van der Waals surface area contributed by atoms with E-state index in [1.807, 2.05) is 6.92 Å². The van der Waals surface area contributed by atoms with Crippen LogP contribution in [-0.2, 0) is 9.59 Å². The highest BCUT2D eigenvalue weighted by molar-refractivity contribution is 6.39. The van der Waals surface area contributed by atoms with Gasteiger partial charge in [0.1, 0.15) is 0 Å². The highest BCUT2D eigenvalue weighted by Gasteiger charge is 2.36. The number of pyridine rings is 1. The van der Waals surface area contributed by atoms with Crippen molar-refractivity contribution in [2.45, 2.75) is 51.5 Å². The zero-order chi connectivity index (χ0) is 18.7. The molecule has 0 bridgehead atoms. The molecule has 2 fully saturated rings. The second-order valence-corrected chi connectivity index (χ2v) is 7.47. The van der Waals surface area contributed by atoms with E-state index in [1.54, 1.807) is 4.90 Å². The molecule has 1 aliphatic heterocycles. The zero-order valence-electron chi connectivity index (χ0n) is 15.1. The molecule has 0 radical (unpaired) electrons. The molecule has 2 atom stereocenters. The predicted octanol–water partition coefficient (Wildman–Crippen LogP) is 1.94. The molecule has 3 N–H and O–H groups in total. The van der Waals surface area contributed by atoms with Crippen LogP contribution in [0, 0.1) is 11.8 Å². The van der Waals surface area contributed by atoms with Crippen LogP contribution >= 0.6 is 0 Å². The van der Waals surface area contributed by atoms with E-state index in [0.29, 0.717) is 18.4 Å². The molecule has 3 rings (SSSR count). The highest BCUT2D eigenvalue weighted by atomic mass is 16.2. The fraction of sp³-hybridized carbons (Fsp3) is 0.579. The molecule has 2 aliphatic rings. The van der Waals surface area contributed by atoms with Crippen molar-refractivity contribution in [1.29, 1.82) is 0 Å². The summed E-state index contributed by atoms with van der Waals surface area (Å²) in [5.41, 5.74) is 5.69. The Morgan fingerprint density at radius 2 is 1.85 bits per heavy atom. The molecule has 0 aromatic carbocycles. The summed E-state index contributed by atoms with van der Waals surface area (Å²) in [6.45, 7) is 2.64. The van der Waals surface area contributed by atoms with Gasteiger partial charge in [-0.3, -0.25) is 19.4 Å². The van der Waals surface area contributed by atoms with Crippen LogP contribution < -0.4 is 11.1 Å². The van der Waals surface area contributed by atoms with Crippen LogP contribution in [0.3, 0.4) is 0 Å². The van der Waals surface area contributed by atoms with E-state index in [0.717, 1.165) is 12.8 Å². The Labute approximate surface area is 153 Å². The van der Waals surface area contributed by atoms with Gasteiger partial charge >= 0.3 is 11.8 Å². The maximum absolute atomic E-state index is 12.7. The fourth-order valence-corrected chi connectivity index (χ4v) is 4.19. The molecule has 1 saturated heterocycles. The fourth-order valence-electron chi connectivity index (χ4n) is 4.19. The lowest BCUT2D eigenvalue weighted by molar-refractivity contribution is -0.146. The molecule has 1 saturated carbocycles. The van der Waals surface area contributed by atoms with Crippen molar-refractivity contribution in [3.05, 3.63) is 24.0 Å². The van der Waals surface area contributed by atoms with E-state index < -0.39 is 17.7 Å². The molecule has 7 nitrogen and oxygen atoms in total. The van der Waals surface area contributed by atoms with Gasteiger partial charge in [0.15, 0.2) is 0 Å². The first-order valence-corrected chi connectivity index (χ1v) is 9.32. The summed E-state index contributed by atoms with van der Waals surface area (Å²) < 4.78 is 0. The molecule has 140 valence electrons. The second-order valence-electron chi connectivity index (χ2n) is 7.47. The first-order chi connectivity index (χ1) is 12.5. The van der Waals surface area contributed by atoms with Crippen LogP contribution in [0.15, 0.2) is 18.5 Å². The van der Waals surface area contributed by atoms with Crippen molar-refractivity contribution in [1.82, 2.24) is 9.88 Å². The first kappa shape index (κ1) is 18.4. The third-order valence-electron chi connectivity index (χ3n) is 5.72. The van der Waals surface area contributed by atoms with E-state index in [2.05, 4.69) is 10.3 Å². The molecule has 0 unspecified atom stereocenters. The average Bonchev–Trinajstić information content (AvgIpc) is 3.16. The summed E-state index contributed by atoms with van der Waals surface area (Å²) in [7, 11) is 0. The number of hydrogen-bond donors (Lipinski definition) is 2. The summed E-state index contributed by atoms with van der Waals surface area (Å²) in [6.07, 6.45) is 9.78. The molecule has 1 aromatic rings. The number of nitrogens with one attached hydrogen (secondary N) is 1. The Kier molecular flexibility index (Phi) is 5.54. The van der Waals surface area contributed by atoms with Gasteiger partial charge in [-0.05, 0) is 37.7 Å². The number of aromatic nitrogens is 1. The number of piperidine rings is 1. The van der Waals surface area contributed by atoms with Crippen LogP contribution in [0.4, 0.5) is 5.69 Å². The third-order valence-corrected chi connectivity index (χ3v) is 5.72. The molecule has 1 aromatic heterocycles. The summed E-state index contributed by atoms with van der Waals surface area (Å²) in [4.78, 5) is 41.9. The first-order valence-electron chi connectivity index (χ1n) is 9.32. The monoisotopic (exact) mass is 358 g/mol. The number of amides is 3. The lowest BCUT2D eigenvalue weighted by Gasteiger charge is -2.39. The summed E-state index contributed by atoms with van der Waals surface area (Å²) in [5, 5.41) is 2.54. The van der Waals surface area contributed by atoms with Gasteiger partial charge in [-0.25, -0.2) is 0 Å². The van der Waals surface area contributed by atoms with Crippen molar-refractivity contribution >= 4 is 23.4 Å². The summed E-state index contributed by atoms with van der Waals surface area (Å²) in [6, 6.07) is 1.47. The van der Waals surface area contributed by atoms with E-state index in [-0.39, 0.29) is 17.3 Å². The normalized spacial score (nSPS) is 23.7. The van der Waals surface area contributed by atoms with Crippen molar-refractivity contribution in [3.63, 3.8) is 0 Å². The molecule has 3 amide bonds. The van der Waals surface area contributed by atoms with Gasteiger partial charge in [0.05, 0.1) is 17.4 Å². The number of nitrogens with zero attached hydrogens (tertiary/aromatic N) is 2. The maximum atomic E-state index is 12.7. The molecule has 1 aliphatic carbocycles. The van der Waals surface area contributed by atoms with E-state index in [4.69, 9.17) is 5.73 Å². The van der Waals surface area contributed by atoms with Crippen molar-refractivity contribution in [2.75, 3.05) is 11.9 Å². The Morgan fingerprint density at radius 1 is 1.12 bits per heavy atom. The van der Waals surface area contributed by atoms with E-state index >= 15 is 0 Å². The smallest absolute Gasteiger partial charge is 0.313 e. The van der Waals surface area contributed by atoms with Gasteiger partial charge in [-0.15, -0.1) is 0 Å². The predicted molar refractivity (Wildman–Crippen MR) is 97.2 cm³/mol. The van der Waals surface area contributed by atoms with Gasteiger partial charge in [0.25, 0.3) is 0 Å². The van der Waals surface area contributed by atoms with Crippen molar-refractivity contribution in [2.24, 2.45) is 17.6 Å². The molecular formula is C19H26N4O3. The van der Waals surface area contributed by atoms with E-state index in [9.17, 15) is 14.4 Å². The Hall–Kier alpha value is -2.44. The number of rotatable bonds is 3. The van der Waals surface area contributed by atoms with Crippen LogP contribution in [0.1, 0.15) is 55.8 Å². The lowest BCUT2D eigenvalue weighted by Crippen LogP contribution is -2.50. The van der Waals surface area contributed by atoms with Crippen LogP contribution in [0.25, 0.3) is 0 Å². The minimum absolute atomic E-state index is 0.0565. The Balaban J connectivity index is 1.65. The van der Waals surface area contributed by atoms with E-state index in [1.165, 1.54) is 44.1 Å². The van der Waals surface area contributed by atoms with Gasteiger partial charge in [-0.2, -0.15) is 0 Å². The summed E-state index contributed by atoms with van der Waals surface area (Å²) in [5.74, 6) is -0.691. The number of primary amides is 1. The molecule has 26 heavy (non-hydrogen) atoms. The minimum Gasteiger partial charge on any atom is -0.366 e. The Bertz CT molecular complexity index is 700. The van der Waals surface area contributed by atoms with Crippen LogP contribution in [0.2, 0.25) is 0 Å². The number of likely N-dealkylation sites (tertiary alicyclic amines) is 1. The van der Waals surface area contributed by atoms with Crippen LogP contribution in [-0.4, -0.2) is 40.2 Å². The van der Waals surface area contributed by atoms with Crippen molar-refractivity contribution in [3.8, 4) is 0 Å². The quantitative estimate of drug-likeness (QED) is 0.805. The topological polar surface area (TPSA) is 105 Å². The molecular weight excluding hydrogens is 332 g/mol.